The fraction of sp³-hybridized carbons (Fsp3) is 0. The largest absolute Gasteiger partial charge is 0.391 e. The molecule has 2 N–H and O–H groups in total. The first-order chi connectivity index (χ1) is 6.99. The second-order valence-corrected chi connectivity index (χ2v) is 2.40. The molecule has 78 valence electrons. The maximum atomic E-state index is 13.1. The van der Waals surface area contributed by atoms with Crippen molar-refractivity contribution in [3.8, 4) is 0 Å². The molecule has 0 aliphatic rings. The van der Waals surface area contributed by atoms with Gasteiger partial charge >= 0.3 is 0 Å². The van der Waals surface area contributed by atoms with Crippen LogP contribution >= 0.6 is 0 Å². The minimum absolute atomic E-state index is 0.391. The van der Waals surface area contributed by atoms with E-state index >= 15 is 0 Å². The standard InChI is InChI=1S/C6H3F2N5O2/c7-2-1-3(13(14)15)5(9)4(8)6(2)11-12-10/h1H,9H2. The highest BCUT2D eigenvalue weighted by atomic mass is 19.1. The van der Waals surface area contributed by atoms with Crippen molar-refractivity contribution in [1.29, 1.82) is 0 Å². The molecule has 0 saturated carbocycles. The number of benzene rings is 1. The van der Waals surface area contributed by atoms with Gasteiger partial charge in [0.1, 0.15) is 17.2 Å². The van der Waals surface area contributed by atoms with Gasteiger partial charge in [0.2, 0.25) is 0 Å². The van der Waals surface area contributed by atoms with Crippen LogP contribution < -0.4 is 5.73 Å². The first kappa shape index (κ1) is 10.7. The number of nitro groups is 1. The second kappa shape index (κ2) is 3.76. The lowest BCUT2D eigenvalue weighted by Gasteiger charge is -2.02. The Balaban J connectivity index is 3.57. The van der Waals surface area contributed by atoms with Crippen LogP contribution in [0.3, 0.4) is 0 Å². The Morgan fingerprint density at radius 2 is 2.20 bits per heavy atom. The van der Waals surface area contributed by atoms with Crippen LogP contribution in [-0.4, -0.2) is 4.92 Å². The predicted octanol–water partition coefficient (Wildman–Crippen LogP) is 2.40. The maximum Gasteiger partial charge on any atom is 0.298 e. The van der Waals surface area contributed by atoms with Gasteiger partial charge in [0.05, 0.1) is 11.0 Å². The van der Waals surface area contributed by atoms with E-state index in [4.69, 9.17) is 11.3 Å². The van der Waals surface area contributed by atoms with Crippen LogP contribution in [-0.2, 0) is 0 Å². The molecule has 9 heteroatoms. The smallest absolute Gasteiger partial charge is 0.298 e. The van der Waals surface area contributed by atoms with Gasteiger partial charge < -0.3 is 5.73 Å². The van der Waals surface area contributed by atoms with Crippen molar-refractivity contribution in [2.45, 2.75) is 0 Å². The highest BCUT2D eigenvalue weighted by molar-refractivity contribution is 5.66. The average molecular weight is 215 g/mol. The van der Waals surface area contributed by atoms with Crippen molar-refractivity contribution in [3.05, 3.63) is 38.3 Å². The fourth-order valence-electron chi connectivity index (χ4n) is 0.898. The number of hydrogen-bond acceptors (Lipinski definition) is 4. The van der Waals surface area contributed by atoms with Gasteiger partial charge in [-0.1, -0.05) is 5.11 Å². The summed E-state index contributed by atoms with van der Waals surface area (Å²) in [5.74, 6) is -2.79. The minimum atomic E-state index is -1.44. The van der Waals surface area contributed by atoms with Crippen LogP contribution in [0.5, 0.6) is 0 Å². The molecule has 0 heterocycles. The summed E-state index contributed by atoms with van der Waals surface area (Å²) in [6.45, 7) is 0. The summed E-state index contributed by atoms with van der Waals surface area (Å²) in [7, 11) is 0. The molecular formula is C6H3F2N5O2. The second-order valence-electron chi connectivity index (χ2n) is 2.40. The number of anilines is 1. The van der Waals surface area contributed by atoms with Crippen molar-refractivity contribution >= 4 is 17.1 Å². The number of nitrogen functional groups attached to an aromatic ring is 1. The zero-order chi connectivity index (χ0) is 11.6. The molecule has 0 aromatic heterocycles. The average Bonchev–Trinajstić information content (AvgIpc) is 2.18. The molecule has 0 spiro atoms. The monoisotopic (exact) mass is 215 g/mol. The van der Waals surface area contributed by atoms with Gasteiger partial charge in [0.15, 0.2) is 5.82 Å². The molecule has 0 radical (unpaired) electrons. The SMILES string of the molecule is [N-]=[N+]=Nc1c(F)cc([N+](=O)[O-])c(N)c1F. The fourth-order valence-corrected chi connectivity index (χ4v) is 0.898. The number of rotatable bonds is 2. The van der Waals surface area contributed by atoms with Crippen molar-refractivity contribution in [2.75, 3.05) is 5.73 Å². The number of halogens is 2. The Hall–Kier alpha value is -2.41. The number of nitro benzene ring substituents is 1. The molecule has 0 bridgehead atoms. The van der Waals surface area contributed by atoms with E-state index in [0.29, 0.717) is 6.07 Å². The van der Waals surface area contributed by atoms with Crippen LogP contribution in [0.25, 0.3) is 10.4 Å². The van der Waals surface area contributed by atoms with Gasteiger partial charge in [-0.05, 0) is 5.53 Å². The Kier molecular flexibility index (Phi) is 2.68. The highest BCUT2D eigenvalue weighted by Gasteiger charge is 2.22. The molecule has 0 amide bonds. The molecule has 1 rings (SSSR count). The van der Waals surface area contributed by atoms with E-state index in [-0.39, 0.29) is 0 Å². The molecular weight excluding hydrogens is 212 g/mol. The normalized spacial score (nSPS) is 9.47. The van der Waals surface area contributed by atoms with Crippen LogP contribution in [0.4, 0.5) is 25.8 Å². The van der Waals surface area contributed by atoms with Gasteiger partial charge in [-0.3, -0.25) is 10.1 Å². The number of nitrogens with two attached hydrogens (primary N) is 1. The van der Waals surface area contributed by atoms with Crippen molar-refractivity contribution in [3.63, 3.8) is 0 Å². The zero-order valence-corrected chi connectivity index (χ0v) is 7.02. The summed E-state index contributed by atoms with van der Waals surface area (Å²) in [5, 5.41) is 13.0. The van der Waals surface area contributed by atoms with Crippen molar-refractivity contribution in [1.82, 2.24) is 0 Å². The van der Waals surface area contributed by atoms with Gasteiger partial charge in [0, 0.05) is 4.91 Å². The number of hydrogen-bond donors (Lipinski definition) is 1. The Morgan fingerprint density at radius 1 is 1.60 bits per heavy atom. The molecule has 15 heavy (non-hydrogen) atoms. The van der Waals surface area contributed by atoms with E-state index in [1.807, 2.05) is 0 Å². The summed E-state index contributed by atoms with van der Waals surface area (Å²) in [4.78, 5) is 11.4. The molecule has 0 aliphatic heterocycles. The van der Waals surface area contributed by atoms with Gasteiger partial charge in [-0.25, -0.2) is 8.78 Å². The van der Waals surface area contributed by atoms with Crippen LogP contribution in [0.2, 0.25) is 0 Å². The summed E-state index contributed by atoms with van der Waals surface area (Å²) < 4.78 is 26.1. The molecule has 7 nitrogen and oxygen atoms in total. The summed E-state index contributed by atoms with van der Waals surface area (Å²) in [6.07, 6.45) is 0. The summed E-state index contributed by atoms with van der Waals surface area (Å²) in [5.41, 5.74) is 10.2. The van der Waals surface area contributed by atoms with Crippen LogP contribution in [0.15, 0.2) is 11.2 Å². The summed E-state index contributed by atoms with van der Waals surface area (Å²) in [6, 6.07) is 0.391. The summed E-state index contributed by atoms with van der Waals surface area (Å²) >= 11 is 0. The van der Waals surface area contributed by atoms with E-state index in [9.17, 15) is 18.9 Å². The van der Waals surface area contributed by atoms with E-state index in [1.54, 1.807) is 0 Å². The maximum absolute atomic E-state index is 13.1. The predicted molar refractivity (Wildman–Crippen MR) is 46.2 cm³/mol. The van der Waals surface area contributed by atoms with E-state index < -0.39 is 33.6 Å². The van der Waals surface area contributed by atoms with Crippen LogP contribution in [0, 0.1) is 21.7 Å². The third-order valence-corrected chi connectivity index (χ3v) is 1.55. The van der Waals surface area contributed by atoms with Crippen molar-refractivity contribution < 1.29 is 13.7 Å². The molecule has 0 atom stereocenters. The third kappa shape index (κ3) is 1.76. The van der Waals surface area contributed by atoms with Gasteiger partial charge in [-0.15, -0.1) is 0 Å². The van der Waals surface area contributed by atoms with E-state index in [2.05, 4.69) is 10.0 Å². The Labute approximate surface area is 80.9 Å². The molecule has 0 aliphatic carbocycles. The lowest BCUT2D eigenvalue weighted by atomic mass is 10.2. The third-order valence-electron chi connectivity index (χ3n) is 1.55. The highest BCUT2D eigenvalue weighted by Crippen LogP contribution is 2.34. The zero-order valence-electron chi connectivity index (χ0n) is 7.02. The Bertz CT molecular complexity index is 483. The lowest BCUT2D eigenvalue weighted by molar-refractivity contribution is -0.384. The lowest BCUT2D eigenvalue weighted by Crippen LogP contribution is -2.00. The molecule has 0 unspecified atom stereocenters. The molecule has 1 aromatic rings. The van der Waals surface area contributed by atoms with Crippen LogP contribution in [0.1, 0.15) is 0 Å². The topological polar surface area (TPSA) is 118 Å². The number of nitrogens with zero attached hydrogens (tertiary/aromatic N) is 4. The number of azide groups is 1. The Morgan fingerprint density at radius 3 is 2.67 bits per heavy atom. The first-order valence-corrected chi connectivity index (χ1v) is 3.46. The van der Waals surface area contributed by atoms with E-state index in [0.717, 1.165) is 0 Å². The minimum Gasteiger partial charge on any atom is -0.391 e. The molecule has 0 saturated heterocycles. The first-order valence-electron chi connectivity index (χ1n) is 3.46. The molecule has 0 fully saturated rings. The van der Waals surface area contributed by atoms with E-state index in [1.165, 1.54) is 0 Å². The van der Waals surface area contributed by atoms with Crippen molar-refractivity contribution in [2.24, 2.45) is 5.11 Å². The molecule has 1 aromatic carbocycles. The van der Waals surface area contributed by atoms with Gasteiger partial charge in [0.25, 0.3) is 5.69 Å². The quantitative estimate of drug-likeness (QED) is 0.203. The van der Waals surface area contributed by atoms with Gasteiger partial charge in [-0.2, -0.15) is 0 Å².